The summed E-state index contributed by atoms with van der Waals surface area (Å²) in [7, 11) is 0. The van der Waals surface area contributed by atoms with Gasteiger partial charge in [0.15, 0.2) is 0 Å². The predicted octanol–water partition coefficient (Wildman–Crippen LogP) is 3.33. The van der Waals surface area contributed by atoms with E-state index < -0.39 is 0 Å². The van der Waals surface area contributed by atoms with Crippen molar-refractivity contribution >= 4 is 17.2 Å². The summed E-state index contributed by atoms with van der Waals surface area (Å²) < 4.78 is 5.52. The van der Waals surface area contributed by atoms with Crippen LogP contribution in [0.2, 0.25) is 0 Å². The Morgan fingerprint density at radius 1 is 1.16 bits per heavy atom. The fraction of sp³-hybridized carbons (Fsp3) is 0.211. The van der Waals surface area contributed by atoms with Gasteiger partial charge in [-0.25, -0.2) is 4.98 Å². The first kappa shape index (κ1) is 17.1. The lowest BCUT2D eigenvalue weighted by atomic mass is 10.2. The SMILES string of the molecule is O=C(CCOc1ccccc1)NCCc1nc(-c2cccnc2)cs1. The van der Waals surface area contributed by atoms with Crippen LogP contribution in [-0.4, -0.2) is 29.0 Å². The zero-order valence-corrected chi connectivity index (χ0v) is 14.5. The van der Waals surface area contributed by atoms with Crippen molar-refractivity contribution in [1.29, 1.82) is 0 Å². The number of nitrogens with zero attached hydrogens (tertiary/aromatic N) is 2. The molecule has 0 aliphatic heterocycles. The first-order chi connectivity index (χ1) is 12.3. The van der Waals surface area contributed by atoms with E-state index in [1.165, 1.54) is 0 Å². The Morgan fingerprint density at radius 2 is 2.04 bits per heavy atom. The van der Waals surface area contributed by atoms with Gasteiger partial charge in [-0.15, -0.1) is 11.3 Å². The van der Waals surface area contributed by atoms with Crippen molar-refractivity contribution in [2.75, 3.05) is 13.2 Å². The van der Waals surface area contributed by atoms with Gasteiger partial charge in [-0.05, 0) is 24.3 Å². The molecule has 0 fully saturated rings. The van der Waals surface area contributed by atoms with Crippen LogP contribution in [0.1, 0.15) is 11.4 Å². The zero-order chi connectivity index (χ0) is 17.3. The van der Waals surface area contributed by atoms with E-state index >= 15 is 0 Å². The van der Waals surface area contributed by atoms with E-state index in [1.54, 1.807) is 23.7 Å². The summed E-state index contributed by atoms with van der Waals surface area (Å²) in [6, 6.07) is 13.4. The summed E-state index contributed by atoms with van der Waals surface area (Å²) in [5.41, 5.74) is 1.93. The van der Waals surface area contributed by atoms with E-state index in [0.29, 0.717) is 19.6 Å². The highest BCUT2D eigenvalue weighted by Crippen LogP contribution is 2.20. The van der Waals surface area contributed by atoms with E-state index in [-0.39, 0.29) is 5.91 Å². The molecule has 6 heteroatoms. The molecule has 0 bridgehead atoms. The third kappa shape index (κ3) is 5.39. The minimum Gasteiger partial charge on any atom is -0.493 e. The molecule has 0 radical (unpaired) electrons. The summed E-state index contributed by atoms with van der Waals surface area (Å²) in [5, 5.41) is 5.92. The number of benzene rings is 1. The van der Waals surface area contributed by atoms with Crippen molar-refractivity contribution < 1.29 is 9.53 Å². The molecule has 0 atom stereocenters. The average Bonchev–Trinajstić information content (AvgIpc) is 3.12. The van der Waals surface area contributed by atoms with Crippen LogP contribution < -0.4 is 10.1 Å². The highest BCUT2D eigenvalue weighted by molar-refractivity contribution is 7.09. The number of nitrogens with one attached hydrogen (secondary N) is 1. The molecular formula is C19H19N3O2S. The van der Waals surface area contributed by atoms with Crippen LogP contribution in [0.4, 0.5) is 0 Å². The third-order valence-electron chi connectivity index (χ3n) is 3.51. The molecule has 0 spiro atoms. The summed E-state index contributed by atoms with van der Waals surface area (Å²) in [4.78, 5) is 20.5. The normalized spacial score (nSPS) is 10.4. The van der Waals surface area contributed by atoms with Crippen LogP contribution in [-0.2, 0) is 11.2 Å². The number of rotatable bonds is 8. The number of amides is 1. The van der Waals surface area contributed by atoms with Crippen LogP contribution in [0.3, 0.4) is 0 Å². The molecule has 1 N–H and O–H groups in total. The monoisotopic (exact) mass is 353 g/mol. The summed E-state index contributed by atoms with van der Waals surface area (Å²) in [6.45, 7) is 0.947. The van der Waals surface area contributed by atoms with Gasteiger partial charge < -0.3 is 10.1 Å². The number of para-hydroxylation sites is 1. The number of pyridine rings is 1. The van der Waals surface area contributed by atoms with Gasteiger partial charge in [0.2, 0.25) is 5.91 Å². The lowest BCUT2D eigenvalue weighted by Crippen LogP contribution is -2.27. The molecule has 25 heavy (non-hydrogen) atoms. The molecule has 0 unspecified atom stereocenters. The molecule has 0 aliphatic carbocycles. The first-order valence-corrected chi connectivity index (χ1v) is 8.98. The summed E-state index contributed by atoms with van der Waals surface area (Å²) in [5.74, 6) is 0.765. The van der Waals surface area contributed by atoms with Crippen molar-refractivity contribution in [2.45, 2.75) is 12.8 Å². The fourth-order valence-corrected chi connectivity index (χ4v) is 3.06. The van der Waals surface area contributed by atoms with Crippen LogP contribution in [0, 0.1) is 0 Å². The summed E-state index contributed by atoms with van der Waals surface area (Å²) in [6.07, 6.45) is 4.60. The van der Waals surface area contributed by atoms with Gasteiger partial charge in [-0.2, -0.15) is 0 Å². The van der Waals surface area contributed by atoms with Crippen LogP contribution in [0.25, 0.3) is 11.3 Å². The van der Waals surface area contributed by atoms with Gasteiger partial charge >= 0.3 is 0 Å². The Labute approximate surface area is 150 Å². The largest absolute Gasteiger partial charge is 0.493 e. The Morgan fingerprint density at radius 3 is 2.84 bits per heavy atom. The predicted molar refractivity (Wildman–Crippen MR) is 98.6 cm³/mol. The van der Waals surface area contributed by atoms with Crippen LogP contribution >= 0.6 is 11.3 Å². The molecule has 2 heterocycles. The number of hydrogen-bond donors (Lipinski definition) is 1. The van der Waals surface area contributed by atoms with Crippen molar-refractivity contribution in [2.24, 2.45) is 0 Å². The van der Waals surface area contributed by atoms with Gasteiger partial charge in [0.05, 0.1) is 23.7 Å². The molecule has 2 aromatic heterocycles. The molecule has 3 aromatic rings. The van der Waals surface area contributed by atoms with Crippen molar-refractivity contribution in [3.8, 4) is 17.0 Å². The van der Waals surface area contributed by atoms with E-state index in [0.717, 1.165) is 28.4 Å². The van der Waals surface area contributed by atoms with Gasteiger partial charge in [-0.1, -0.05) is 18.2 Å². The molecule has 0 saturated heterocycles. The molecular weight excluding hydrogens is 334 g/mol. The second-order valence-electron chi connectivity index (χ2n) is 5.38. The molecule has 1 aromatic carbocycles. The smallest absolute Gasteiger partial charge is 0.223 e. The number of ether oxygens (including phenoxy) is 1. The molecule has 5 nitrogen and oxygen atoms in total. The minimum absolute atomic E-state index is 0.0139. The molecule has 1 amide bonds. The number of carbonyl (C=O) groups is 1. The highest BCUT2D eigenvalue weighted by atomic mass is 32.1. The lowest BCUT2D eigenvalue weighted by molar-refractivity contribution is -0.121. The van der Waals surface area contributed by atoms with Gasteiger partial charge in [0.25, 0.3) is 0 Å². The third-order valence-corrected chi connectivity index (χ3v) is 4.42. The highest BCUT2D eigenvalue weighted by Gasteiger charge is 2.06. The Hall–Kier alpha value is -2.73. The second kappa shape index (κ2) is 8.94. The number of hydrogen-bond acceptors (Lipinski definition) is 5. The number of carbonyl (C=O) groups excluding carboxylic acids is 1. The quantitative estimate of drug-likeness (QED) is 0.675. The van der Waals surface area contributed by atoms with Crippen LogP contribution in [0.5, 0.6) is 5.75 Å². The lowest BCUT2D eigenvalue weighted by Gasteiger charge is -2.06. The van der Waals surface area contributed by atoms with Gasteiger partial charge in [0, 0.05) is 36.3 Å². The fourth-order valence-electron chi connectivity index (χ4n) is 2.25. The van der Waals surface area contributed by atoms with Crippen LogP contribution in [0.15, 0.2) is 60.2 Å². The van der Waals surface area contributed by atoms with E-state index in [1.807, 2.05) is 47.8 Å². The minimum atomic E-state index is -0.0139. The van der Waals surface area contributed by atoms with Gasteiger partial charge in [-0.3, -0.25) is 9.78 Å². The Kier molecular flexibility index (Phi) is 6.11. The van der Waals surface area contributed by atoms with E-state index in [2.05, 4.69) is 15.3 Å². The first-order valence-electron chi connectivity index (χ1n) is 8.10. The molecule has 0 aliphatic rings. The van der Waals surface area contributed by atoms with Crippen molar-refractivity contribution in [3.63, 3.8) is 0 Å². The van der Waals surface area contributed by atoms with Gasteiger partial charge in [0.1, 0.15) is 5.75 Å². The maximum Gasteiger partial charge on any atom is 0.223 e. The van der Waals surface area contributed by atoms with Crippen molar-refractivity contribution in [1.82, 2.24) is 15.3 Å². The van der Waals surface area contributed by atoms with Crippen molar-refractivity contribution in [3.05, 3.63) is 65.2 Å². The standard InChI is InChI=1S/C19H19N3O2S/c23-18(9-12-24-16-6-2-1-3-7-16)21-11-8-19-22-17(14-25-19)15-5-4-10-20-13-15/h1-7,10,13-14H,8-9,11-12H2,(H,21,23). The maximum atomic E-state index is 11.8. The topological polar surface area (TPSA) is 64.1 Å². The molecule has 128 valence electrons. The second-order valence-corrected chi connectivity index (χ2v) is 6.32. The van der Waals surface area contributed by atoms with E-state index in [9.17, 15) is 4.79 Å². The molecule has 3 rings (SSSR count). The number of aromatic nitrogens is 2. The average molecular weight is 353 g/mol. The Balaban J connectivity index is 1.36. The van der Waals surface area contributed by atoms with E-state index in [4.69, 9.17) is 4.74 Å². The maximum absolute atomic E-state index is 11.8. The number of thiazole rings is 1. The zero-order valence-electron chi connectivity index (χ0n) is 13.7. The summed E-state index contributed by atoms with van der Waals surface area (Å²) >= 11 is 1.60. The Bertz CT molecular complexity index is 791. The molecule has 0 saturated carbocycles.